The zero-order valence-electron chi connectivity index (χ0n) is 16.1. The zero-order chi connectivity index (χ0) is 19.2. The molecule has 1 aromatic heterocycles. The fourth-order valence-corrected chi connectivity index (χ4v) is 3.38. The lowest BCUT2D eigenvalue weighted by atomic mass is 10.0. The number of amides is 1. The van der Waals surface area contributed by atoms with Crippen LogP contribution < -0.4 is 19.7 Å². The van der Waals surface area contributed by atoms with Crippen molar-refractivity contribution in [1.29, 1.82) is 0 Å². The van der Waals surface area contributed by atoms with E-state index in [9.17, 15) is 4.79 Å². The fraction of sp³-hybridized carbons (Fsp3) is 0.450. The molecule has 1 atom stereocenters. The Bertz CT molecular complexity index is 779. The van der Waals surface area contributed by atoms with Gasteiger partial charge in [0.25, 0.3) is 5.91 Å². The van der Waals surface area contributed by atoms with Crippen LogP contribution in [-0.2, 0) is 0 Å². The highest BCUT2D eigenvalue weighted by Gasteiger charge is 2.23. The Hall–Kier alpha value is -2.83. The van der Waals surface area contributed by atoms with E-state index in [1.807, 2.05) is 0 Å². The Balaban J connectivity index is 1.74. The first kappa shape index (κ1) is 18.9. The Morgan fingerprint density at radius 3 is 2.67 bits per heavy atom. The molecular formula is C20H26N4O3. The number of rotatable bonds is 6. The van der Waals surface area contributed by atoms with Gasteiger partial charge in [0, 0.05) is 31.0 Å². The van der Waals surface area contributed by atoms with Crippen LogP contribution in [0, 0.1) is 0 Å². The van der Waals surface area contributed by atoms with E-state index >= 15 is 0 Å². The van der Waals surface area contributed by atoms with Crippen molar-refractivity contribution in [2.24, 2.45) is 0 Å². The number of ether oxygens (including phenoxy) is 2. The lowest BCUT2D eigenvalue weighted by Gasteiger charge is -2.35. The van der Waals surface area contributed by atoms with Crippen LogP contribution in [-0.4, -0.2) is 42.7 Å². The van der Waals surface area contributed by atoms with Crippen LogP contribution in [0.15, 0.2) is 30.6 Å². The van der Waals surface area contributed by atoms with E-state index in [0.29, 0.717) is 34.7 Å². The second-order valence-corrected chi connectivity index (χ2v) is 6.54. The summed E-state index contributed by atoms with van der Waals surface area (Å²) in [6.45, 7) is 3.15. The standard InChI is InChI=1S/C20H26N4O3/c1-4-15-7-5-6-10-24(15)20-21-12-14(13-22-20)19(25)23-17-11-16(26-2)8-9-18(17)27-3/h8-9,11-13,15H,4-7,10H2,1-3H3,(H,23,25). The van der Waals surface area contributed by atoms with Gasteiger partial charge in [-0.25, -0.2) is 9.97 Å². The lowest BCUT2D eigenvalue weighted by Crippen LogP contribution is -2.40. The van der Waals surface area contributed by atoms with E-state index in [1.165, 1.54) is 6.42 Å². The van der Waals surface area contributed by atoms with Gasteiger partial charge in [0.15, 0.2) is 0 Å². The van der Waals surface area contributed by atoms with E-state index in [0.717, 1.165) is 25.8 Å². The first-order valence-electron chi connectivity index (χ1n) is 9.28. The third-order valence-corrected chi connectivity index (χ3v) is 4.91. The molecule has 3 rings (SSSR count). The van der Waals surface area contributed by atoms with Crippen molar-refractivity contribution < 1.29 is 14.3 Å². The van der Waals surface area contributed by atoms with Gasteiger partial charge in [-0.15, -0.1) is 0 Å². The molecule has 1 fully saturated rings. The van der Waals surface area contributed by atoms with Gasteiger partial charge in [-0.3, -0.25) is 4.79 Å². The van der Waals surface area contributed by atoms with Gasteiger partial charge in [0.05, 0.1) is 25.5 Å². The maximum absolute atomic E-state index is 12.6. The number of aromatic nitrogens is 2. The van der Waals surface area contributed by atoms with Crippen LogP contribution in [0.3, 0.4) is 0 Å². The molecule has 2 heterocycles. The molecule has 144 valence electrons. The highest BCUT2D eigenvalue weighted by molar-refractivity contribution is 6.04. The molecule has 0 bridgehead atoms. The highest BCUT2D eigenvalue weighted by atomic mass is 16.5. The van der Waals surface area contributed by atoms with Gasteiger partial charge in [0.2, 0.25) is 5.95 Å². The van der Waals surface area contributed by atoms with Crippen LogP contribution in [0.2, 0.25) is 0 Å². The number of hydrogen-bond donors (Lipinski definition) is 1. The summed E-state index contributed by atoms with van der Waals surface area (Å²) in [5.74, 6) is 1.59. The molecule has 1 unspecified atom stereocenters. The summed E-state index contributed by atoms with van der Waals surface area (Å²) in [6.07, 6.45) is 7.78. The molecule has 0 saturated carbocycles. The number of nitrogens with zero attached hydrogens (tertiary/aromatic N) is 3. The Labute approximate surface area is 159 Å². The number of methoxy groups -OCH3 is 2. The molecule has 1 aromatic carbocycles. The topological polar surface area (TPSA) is 76.6 Å². The van der Waals surface area contributed by atoms with Crippen molar-refractivity contribution in [3.8, 4) is 11.5 Å². The molecule has 0 spiro atoms. The summed E-state index contributed by atoms with van der Waals surface area (Å²) in [5, 5.41) is 2.83. The summed E-state index contributed by atoms with van der Waals surface area (Å²) in [4.78, 5) is 23.7. The van der Waals surface area contributed by atoms with Crippen LogP contribution in [0.25, 0.3) is 0 Å². The molecule has 1 saturated heterocycles. The number of piperidine rings is 1. The number of anilines is 2. The maximum Gasteiger partial charge on any atom is 0.258 e. The molecule has 1 aliphatic heterocycles. The molecular weight excluding hydrogens is 344 g/mol. The highest BCUT2D eigenvalue weighted by Crippen LogP contribution is 2.29. The van der Waals surface area contributed by atoms with Crippen molar-refractivity contribution in [3.05, 3.63) is 36.2 Å². The van der Waals surface area contributed by atoms with E-state index < -0.39 is 0 Å². The molecule has 0 radical (unpaired) electrons. The second-order valence-electron chi connectivity index (χ2n) is 6.54. The minimum atomic E-state index is -0.293. The van der Waals surface area contributed by atoms with Gasteiger partial charge >= 0.3 is 0 Å². The van der Waals surface area contributed by atoms with Gasteiger partial charge in [-0.2, -0.15) is 0 Å². The summed E-state index contributed by atoms with van der Waals surface area (Å²) in [6, 6.07) is 5.70. The van der Waals surface area contributed by atoms with Gasteiger partial charge in [-0.05, 0) is 37.8 Å². The zero-order valence-corrected chi connectivity index (χ0v) is 16.1. The van der Waals surface area contributed by atoms with E-state index in [-0.39, 0.29) is 5.91 Å². The molecule has 0 aliphatic carbocycles. The average Bonchev–Trinajstić information content (AvgIpc) is 2.73. The summed E-state index contributed by atoms with van der Waals surface area (Å²) >= 11 is 0. The third-order valence-electron chi connectivity index (χ3n) is 4.91. The number of carbonyl (C=O) groups is 1. The molecule has 1 aliphatic rings. The fourth-order valence-electron chi connectivity index (χ4n) is 3.38. The van der Waals surface area contributed by atoms with E-state index in [2.05, 4.69) is 27.1 Å². The number of benzene rings is 1. The van der Waals surface area contributed by atoms with Crippen LogP contribution in [0.4, 0.5) is 11.6 Å². The summed E-state index contributed by atoms with van der Waals surface area (Å²) in [7, 11) is 3.13. The van der Waals surface area contributed by atoms with Crippen molar-refractivity contribution in [1.82, 2.24) is 9.97 Å². The lowest BCUT2D eigenvalue weighted by molar-refractivity contribution is 0.102. The maximum atomic E-state index is 12.6. The van der Waals surface area contributed by atoms with Crippen LogP contribution in [0.5, 0.6) is 11.5 Å². The van der Waals surface area contributed by atoms with Gasteiger partial charge in [-0.1, -0.05) is 6.92 Å². The average molecular weight is 370 g/mol. The third kappa shape index (κ3) is 4.30. The molecule has 1 N–H and O–H groups in total. The predicted molar refractivity (Wildman–Crippen MR) is 105 cm³/mol. The molecule has 1 amide bonds. The monoisotopic (exact) mass is 370 g/mol. The summed E-state index contributed by atoms with van der Waals surface area (Å²) in [5.41, 5.74) is 0.932. The van der Waals surface area contributed by atoms with Crippen molar-refractivity contribution >= 4 is 17.5 Å². The number of hydrogen-bond acceptors (Lipinski definition) is 6. The molecule has 27 heavy (non-hydrogen) atoms. The predicted octanol–water partition coefficient (Wildman–Crippen LogP) is 3.52. The minimum absolute atomic E-state index is 0.293. The molecule has 2 aromatic rings. The number of carbonyl (C=O) groups excluding carboxylic acids is 1. The first-order valence-corrected chi connectivity index (χ1v) is 9.28. The van der Waals surface area contributed by atoms with Gasteiger partial charge < -0.3 is 19.7 Å². The van der Waals surface area contributed by atoms with Crippen molar-refractivity contribution in [3.63, 3.8) is 0 Å². The van der Waals surface area contributed by atoms with Crippen molar-refractivity contribution in [2.75, 3.05) is 31.0 Å². The minimum Gasteiger partial charge on any atom is -0.497 e. The first-order chi connectivity index (χ1) is 13.2. The Morgan fingerprint density at radius 2 is 2.00 bits per heavy atom. The second kappa shape index (κ2) is 8.70. The number of nitrogens with one attached hydrogen (secondary N) is 1. The molecule has 7 heteroatoms. The summed E-state index contributed by atoms with van der Waals surface area (Å²) < 4.78 is 10.5. The normalized spacial score (nSPS) is 16.7. The van der Waals surface area contributed by atoms with Crippen molar-refractivity contribution in [2.45, 2.75) is 38.6 Å². The SMILES string of the molecule is CCC1CCCCN1c1ncc(C(=O)Nc2cc(OC)ccc2OC)cn1. The Kier molecular flexibility index (Phi) is 6.11. The van der Waals surface area contributed by atoms with E-state index in [4.69, 9.17) is 9.47 Å². The molecule has 7 nitrogen and oxygen atoms in total. The van der Waals surface area contributed by atoms with Crippen LogP contribution >= 0.6 is 0 Å². The van der Waals surface area contributed by atoms with Crippen LogP contribution in [0.1, 0.15) is 43.0 Å². The van der Waals surface area contributed by atoms with E-state index in [1.54, 1.807) is 44.8 Å². The smallest absolute Gasteiger partial charge is 0.258 e. The van der Waals surface area contributed by atoms with Gasteiger partial charge in [0.1, 0.15) is 11.5 Å². The quantitative estimate of drug-likeness (QED) is 0.838. The Morgan fingerprint density at radius 1 is 1.22 bits per heavy atom. The largest absolute Gasteiger partial charge is 0.497 e.